The first-order chi connectivity index (χ1) is 22.5. The molecular weight excluding hydrogens is 596 g/mol. The van der Waals surface area contributed by atoms with E-state index in [2.05, 4.69) is 32.7 Å². The summed E-state index contributed by atoms with van der Waals surface area (Å²) < 4.78 is 10.4. The molecule has 5 aliphatic heterocycles. The summed E-state index contributed by atoms with van der Waals surface area (Å²) >= 11 is 0. The average Bonchev–Trinajstić information content (AvgIpc) is 3.79. The van der Waals surface area contributed by atoms with Crippen molar-refractivity contribution < 1.29 is 29.3 Å². The van der Waals surface area contributed by atoms with Gasteiger partial charge in [-0.25, -0.2) is 15.0 Å². The van der Waals surface area contributed by atoms with Crippen LogP contribution in [0.5, 0.6) is 0 Å². The molecule has 10 heteroatoms. The molecule has 0 amide bonds. The quantitative estimate of drug-likeness (QED) is 0.296. The molecule has 0 aromatic heterocycles. The van der Waals surface area contributed by atoms with Gasteiger partial charge < -0.3 is 25.0 Å². The van der Waals surface area contributed by atoms with Crippen molar-refractivity contribution in [3.63, 3.8) is 0 Å². The third-order valence-corrected chi connectivity index (χ3v) is 9.88. The fourth-order valence-electron chi connectivity index (χ4n) is 7.28. The van der Waals surface area contributed by atoms with Gasteiger partial charge in [-0.3, -0.25) is 9.59 Å². The van der Waals surface area contributed by atoms with E-state index in [1.165, 1.54) is 7.11 Å². The summed E-state index contributed by atoms with van der Waals surface area (Å²) in [6.07, 6.45) is 9.01. The molecule has 8 bridgehead atoms. The lowest BCUT2D eigenvalue weighted by atomic mass is 9.84. The number of aliphatic hydroxyl groups is 2. The Labute approximate surface area is 274 Å². The topological polar surface area (TPSA) is 142 Å². The van der Waals surface area contributed by atoms with Gasteiger partial charge in [-0.15, -0.1) is 0 Å². The Morgan fingerprint density at radius 2 is 1.77 bits per heavy atom. The number of fused-ring (bicyclic) bond motifs is 5. The predicted molar refractivity (Wildman–Crippen MR) is 180 cm³/mol. The smallest absolute Gasteiger partial charge is 0.321 e. The Morgan fingerprint density at radius 1 is 1.04 bits per heavy atom. The standard InChI is InChI=1S/C37H40N4O6/c1-8-21-17(3)24-14-26-19(5)23(10-11-30(43)47-13-12-42)34(40-26)32-33(37(45)46-7)36(44)31-20(6)27(41-35(31)32)16-29-22(9-2)18(4)25(39-29)15-28(21)38-24/h8,14-16,19,23,33,40,42,44H,1,9-13H2,2-7H3/t19-,23-,33+/m0/s1. The summed E-state index contributed by atoms with van der Waals surface area (Å²) in [6, 6.07) is 0. The number of methoxy groups -OCH3 is 1. The summed E-state index contributed by atoms with van der Waals surface area (Å²) in [4.78, 5) is 41.0. The summed E-state index contributed by atoms with van der Waals surface area (Å²) in [5, 5.41) is 24.4. The number of esters is 2. The van der Waals surface area contributed by atoms with Crippen molar-refractivity contribution in [1.82, 2.24) is 5.32 Å². The number of nitrogens with one attached hydrogen (secondary N) is 1. The number of rotatable bonds is 8. The number of aliphatic hydroxyl groups excluding tert-OH is 2. The minimum atomic E-state index is -1.09. The molecule has 3 atom stereocenters. The Morgan fingerprint density at radius 3 is 2.45 bits per heavy atom. The molecule has 1 fully saturated rings. The maximum absolute atomic E-state index is 13.4. The van der Waals surface area contributed by atoms with Crippen molar-refractivity contribution in [1.29, 1.82) is 0 Å². The van der Waals surface area contributed by atoms with E-state index < -0.39 is 17.9 Å². The molecule has 244 valence electrons. The van der Waals surface area contributed by atoms with E-state index in [0.717, 1.165) is 62.8 Å². The lowest BCUT2D eigenvalue weighted by Crippen LogP contribution is -2.25. The Balaban J connectivity index is 1.61. The van der Waals surface area contributed by atoms with Crippen molar-refractivity contribution in [2.24, 2.45) is 32.7 Å². The second kappa shape index (κ2) is 12.4. The third-order valence-electron chi connectivity index (χ3n) is 9.88. The van der Waals surface area contributed by atoms with Crippen molar-refractivity contribution in [2.75, 3.05) is 20.3 Å². The molecular formula is C37H40N4O6. The molecule has 3 N–H and O–H groups in total. The van der Waals surface area contributed by atoms with Gasteiger partial charge in [-0.1, -0.05) is 26.5 Å². The second-order valence-corrected chi connectivity index (χ2v) is 12.4. The third kappa shape index (κ3) is 5.20. The first-order valence-corrected chi connectivity index (χ1v) is 16.0. The number of aliphatic imine (C=N–C) groups is 3. The van der Waals surface area contributed by atoms with Crippen LogP contribution in [0.3, 0.4) is 0 Å². The zero-order chi connectivity index (χ0) is 33.7. The van der Waals surface area contributed by atoms with Gasteiger partial charge in [-0.2, -0.15) is 0 Å². The molecule has 0 spiro atoms. The van der Waals surface area contributed by atoms with Crippen molar-refractivity contribution >= 4 is 29.1 Å². The molecule has 1 aliphatic carbocycles. The molecule has 0 saturated carbocycles. The summed E-state index contributed by atoms with van der Waals surface area (Å²) in [6.45, 7) is 13.9. The highest BCUT2D eigenvalue weighted by atomic mass is 16.5. The van der Waals surface area contributed by atoms with Crippen LogP contribution >= 0.6 is 0 Å². The monoisotopic (exact) mass is 636 g/mol. The fraction of sp³-hybridized carbons (Fsp3) is 0.378. The van der Waals surface area contributed by atoms with E-state index in [-0.39, 0.29) is 37.2 Å². The van der Waals surface area contributed by atoms with E-state index >= 15 is 0 Å². The van der Waals surface area contributed by atoms with Gasteiger partial charge in [0.2, 0.25) is 0 Å². The zero-order valence-electron chi connectivity index (χ0n) is 27.7. The molecule has 0 radical (unpaired) electrons. The number of hydrogen-bond donors (Lipinski definition) is 3. The van der Waals surface area contributed by atoms with Crippen LogP contribution in [0.2, 0.25) is 0 Å². The molecule has 5 heterocycles. The van der Waals surface area contributed by atoms with Gasteiger partial charge in [0.05, 0.1) is 47.9 Å². The number of carbonyl (C=O) groups excluding carboxylic acids is 2. The fourth-order valence-corrected chi connectivity index (χ4v) is 7.28. The number of hydrogen-bond acceptors (Lipinski definition) is 10. The largest absolute Gasteiger partial charge is 0.510 e. The molecule has 0 aromatic carbocycles. The normalized spacial score (nSPS) is 24.7. The molecule has 1 saturated heterocycles. The summed E-state index contributed by atoms with van der Waals surface area (Å²) in [7, 11) is 1.30. The summed E-state index contributed by atoms with van der Waals surface area (Å²) in [5.41, 5.74) is 11.6. The minimum Gasteiger partial charge on any atom is -0.510 e. The van der Waals surface area contributed by atoms with Gasteiger partial charge in [0, 0.05) is 46.4 Å². The van der Waals surface area contributed by atoms with Crippen LogP contribution in [0.15, 0.2) is 119 Å². The highest BCUT2D eigenvalue weighted by Crippen LogP contribution is 2.49. The van der Waals surface area contributed by atoms with E-state index in [9.17, 15) is 14.7 Å². The Bertz CT molecular complexity index is 1870. The molecule has 10 nitrogen and oxygen atoms in total. The maximum atomic E-state index is 13.4. The maximum Gasteiger partial charge on any atom is 0.321 e. The molecule has 6 aliphatic rings. The Hall–Kier alpha value is -4.83. The summed E-state index contributed by atoms with van der Waals surface area (Å²) in [5.74, 6) is -2.63. The Kier molecular flexibility index (Phi) is 8.48. The van der Waals surface area contributed by atoms with Gasteiger partial charge in [0.1, 0.15) is 18.3 Å². The van der Waals surface area contributed by atoms with Crippen LogP contribution in [-0.4, -0.2) is 59.6 Å². The molecule has 0 aromatic rings. The molecule has 47 heavy (non-hydrogen) atoms. The number of ether oxygens (including phenoxy) is 2. The highest BCUT2D eigenvalue weighted by Gasteiger charge is 2.49. The lowest BCUT2D eigenvalue weighted by molar-refractivity contribution is -0.145. The van der Waals surface area contributed by atoms with E-state index in [4.69, 9.17) is 29.6 Å². The van der Waals surface area contributed by atoms with Gasteiger partial charge in [-0.05, 0) is 74.1 Å². The number of allylic oxidation sites excluding steroid dienone is 11. The molecule has 6 rings (SSSR count). The first kappa shape index (κ1) is 32.1. The SMILES string of the molecule is C=CC1=C(C)C2=NC1=CC1=NC(=CC3=C(C)C4=C(O)[C@H](C(=O)OC)C(=C5NC(=C2)[C@@H](C)[C@@H]5CCC(=O)OCCO)C4=N3)C(CC)=C1C. The highest BCUT2D eigenvalue weighted by molar-refractivity contribution is 6.24. The number of carbonyl (C=O) groups is 2. The number of nitrogens with zero attached hydrogens (tertiary/aromatic N) is 3. The van der Waals surface area contributed by atoms with Crippen molar-refractivity contribution in [3.05, 3.63) is 104 Å². The van der Waals surface area contributed by atoms with Crippen LogP contribution < -0.4 is 5.32 Å². The van der Waals surface area contributed by atoms with E-state index in [1.54, 1.807) is 0 Å². The lowest BCUT2D eigenvalue weighted by Gasteiger charge is -2.20. The van der Waals surface area contributed by atoms with Crippen molar-refractivity contribution in [2.45, 2.75) is 53.9 Å². The van der Waals surface area contributed by atoms with Crippen LogP contribution in [-0.2, 0) is 19.1 Å². The van der Waals surface area contributed by atoms with Gasteiger partial charge in [0.25, 0.3) is 0 Å². The van der Waals surface area contributed by atoms with Gasteiger partial charge >= 0.3 is 11.9 Å². The molecule has 0 unspecified atom stereocenters. The predicted octanol–water partition coefficient (Wildman–Crippen LogP) is 5.56. The van der Waals surface area contributed by atoms with Crippen LogP contribution in [0.1, 0.15) is 53.9 Å². The van der Waals surface area contributed by atoms with Crippen LogP contribution in [0.25, 0.3) is 0 Å². The van der Waals surface area contributed by atoms with E-state index in [1.807, 2.05) is 38.2 Å². The van der Waals surface area contributed by atoms with Crippen molar-refractivity contribution in [3.8, 4) is 0 Å². The van der Waals surface area contributed by atoms with Crippen LogP contribution in [0, 0.1) is 17.8 Å². The average molecular weight is 637 g/mol. The van der Waals surface area contributed by atoms with Crippen LogP contribution in [0.4, 0.5) is 0 Å². The second-order valence-electron chi connectivity index (χ2n) is 12.4. The van der Waals surface area contributed by atoms with E-state index in [0.29, 0.717) is 34.7 Å². The zero-order valence-corrected chi connectivity index (χ0v) is 27.7. The first-order valence-electron chi connectivity index (χ1n) is 16.0. The van der Waals surface area contributed by atoms with Gasteiger partial charge in [0.15, 0.2) is 0 Å². The minimum absolute atomic E-state index is 0.0746.